The van der Waals surface area contributed by atoms with Crippen LogP contribution >= 0.6 is 0 Å². The van der Waals surface area contributed by atoms with Crippen LogP contribution in [0.15, 0.2) is 18.2 Å². The third kappa shape index (κ3) is 3.74. The minimum absolute atomic E-state index is 0.0582. The number of aromatic nitrogens is 2. The van der Waals surface area contributed by atoms with Gasteiger partial charge in [-0.3, -0.25) is 0 Å². The summed E-state index contributed by atoms with van der Waals surface area (Å²) in [5, 5.41) is 6.59. The number of alkyl halides is 3. The molecule has 0 amide bonds. The van der Waals surface area contributed by atoms with Crippen LogP contribution in [0, 0.1) is 20.8 Å². The molecule has 6 nitrogen and oxygen atoms in total. The van der Waals surface area contributed by atoms with E-state index in [2.05, 4.69) is 10.4 Å². The van der Waals surface area contributed by atoms with Gasteiger partial charge in [0.25, 0.3) is 0 Å². The molecule has 1 aliphatic heterocycles. The van der Waals surface area contributed by atoms with Gasteiger partial charge in [0, 0.05) is 12.1 Å². The molecule has 150 valence electrons. The number of nitrogens with zero attached hydrogens (tertiary/aromatic N) is 2. The molecule has 2 aromatic rings. The third-order valence-corrected chi connectivity index (χ3v) is 4.84. The Bertz CT molecular complexity index is 950. The maximum absolute atomic E-state index is 13.3. The zero-order valence-corrected chi connectivity index (χ0v) is 15.8. The van der Waals surface area contributed by atoms with Gasteiger partial charge in [0.1, 0.15) is 5.82 Å². The van der Waals surface area contributed by atoms with Crippen LogP contribution in [0.25, 0.3) is 0 Å². The van der Waals surface area contributed by atoms with Crippen LogP contribution in [0.3, 0.4) is 0 Å². The molecule has 1 aliphatic rings. The Morgan fingerprint density at radius 3 is 2.39 bits per heavy atom. The second-order valence-electron chi connectivity index (χ2n) is 7.13. The Balaban J connectivity index is 1.85. The van der Waals surface area contributed by atoms with Crippen molar-refractivity contribution >= 4 is 17.8 Å². The minimum Gasteiger partial charge on any atom is -0.384 e. The molecular weight excluding hydrogens is 375 g/mol. The summed E-state index contributed by atoms with van der Waals surface area (Å²) in [6, 6.07) is 2.28. The lowest BCUT2D eigenvalue weighted by Crippen LogP contribution is -2.37. The molecule has 0 spiro atoms. The number of carbonyl (C=O) groups excluding carboxylic acids is 2. The number of fused-ring (bicyclic) bond motifs is 1. The van der Waals surface area contributed by atoms with Crippen molar-refractivity contribution in [3.05, 3.63) is 46.1 Å². The molecular formula is C19H20F3N3O3. The number of anilines is 1. The maximum Gasteiger partial charge on any atom is 0.410 e. The van der Waals surface area contributed by atoms with E-state index in [1.807, 2.05) is 13.8 Å². The summed E-state index contributed by atoms with van der Waals surface area (Å²) in [7, 11) is 0. The molecule has 2 unspecified atom stereocenters. The lowest BCUT2D eigenvalue weighted by atomic mass is 10.0. The molecule has 3 rings (SSSR count). The summed E-state index contributed by atoms with van der Waals surface area (Å²) < 4.78 is 45.5. The number of benzene rings is 1. The molecule has 0 bridgehead atoms. The molecule has 2 heterocycles. The van der Waals surface area contributed by atoms with Crippen molar-refractivity contribution in [2.24, 2.45) is 0 Å². The van der Waals surface area contributed by atoms with Crippen molar-refractivity contribution in [2.45, 2.75) is 52.4 Å². The molecule has 9 heteroatoms. The fourth-order valence-corrected chi connectivity index (χ4v) is 3.23. The molecule has 1 aromatic heterocycles. The van der Waals surface area contributed by atoms with Crippen LogP contribution in [-0.2, 0) is 4.74 Å². The predicted octanol–water partition coefficient (Wildman–Crippen LogP) is 4.11. The monoisotopic (exact) mass is 395 g/mol. The second-order valence-corrected chi connectivity index (χ2v) is 7.13. The van der Waals surface area contributed by atoms with Gasteiger partial charge in [-0.05, 0) is 56.9 Å². The fraction of sp³-hybridized carbons (Fsp3) is 0.421. The Kier molecular flexibility index (Phi) is 4.95. The highest BCUT2D eigenvalue weighted by atomic mass is 19.4. The van der Waals surface area contributed by atoms with Crippen LogP contribution in [0.2, 0.25) is 0 Å². The van der Waals surface area contributed by atoms with E-state index in [0.29, 0.717) is 5.56 Å². The Hall–Kier alpha value is -2.84. The standard InChI is InChI=1S/C19H20F3N3O3/c1-9-5-11(3)13(6-10(9)2)17(26)28-18(27)14-8-16-23-12(4)7-15(19(20,21)22)25(16)24-14/h5-6,8,12,15,23H,7H2,1-4H3. The number of hydrogen-bond donors (Lipinski definition) is 1. The smallest absolute Gasteiger partial charge is 0.384 e. The summed E-state index contributed by atoms with van der Waals surface area (Å²) in [5.41, 5.74) is 2.34. The normalized spacial score (nSPS) is 19.0. The highest BCUT2D eigenvalue weighted by Gasteiger charge is 2.45. The first-order valence-corrected chi connectivity index (χ1v) is 8.74. The first kappa shape index (κ1) is 19.9. The number of ether oxygens (including phenoxy) is 1. The first-order valence-electron chi connectivity index (χ1n) is 8.74. The summed E-state index contributed by atoms with van der Waals surface area (Å²) in [6.07, 6.45) is -4.72. The molecule has 1 N–H and O–H groups in total. The summed E-state index contributed by atoms with van der Waals surface area (Å²) in [4.78, 5) is 24.7. The highest BCUT2D eigenvalue weighted by molar-refractivity contribution is 6.02. The lowest BCUT2D eigenvalue weighted by Gasteiger charge is -2.31. The second kappa shape index (κ2) is 6.96. The summed E-state index contributed by atoms with van der Waals surface area (Å²) in [6.45, 7) is 7.03. The molecule has 2 atom stereocenters. The van der Waals surface area contributed by atoms with Gasteiger partial charge < -0.3 is 10.1 Å². The fourth-order valence-electron chi connectivity index (χ4n) is 3.23. The molecule has 0 saturated carbocycles. The molecule has 0 aliphatic carbocycles. The zero-order valence-electron chi connectivity index (χ0n) is 15.8. The number of esters is 2. The first-order chi connectivity index (χ1) is 13.0. The van der Waals surface area contributed by atoms with Gasteiger partial charge in [0.2, 0.25) is 0 Å². The van der Waals surface area contributed by atoms with Crippen LogP contribution in [0.5, 0.6) is 0 Å². The van der Waals surface area contributed by atoms with Crippen molar-refractivity contribution in [1.82, 2.24) is 9.78 Å². The van der Waals surface area contributed by atoms with Crippen molar-refractivity contribution in [3.8, 4) is 0 Å². The number of halogens is 3. The molecule has 28 heavy (non-hydrogen) atoms. The van der Waals surface area contributed by atoms with Gasteiger partial charge in [-0.25, -0.2) is 14.3 Å². The lowest BCUT2D eigenvalue weighted by molar-refractivity contribution is -0.173. The molecule has 0 fully saturated rings. The molecule has 0 saturated heterocycles. The molecule has 0 radical (unpaired) electrons. The van der Waals surface area contributed by atoms with Crippen LogP contribution in [0.1, 0.15) is 56.9 Å². The van der Waals surface area contributed by atoms with Crippen molar-refractivity contribution < 1.29 is 27.5 Å². The zero-order chi connectivity index (χ0) is 20.8. The largest absolute Gasteiger partial charge is 0.410 e. The number of hydrogen-bond acceptors (Lipinski definition) is 5. The Morgan fingerprint density at radius 2 is 1.75 bits per heavy atom. The predicted molar refractivity (Wildman–Crippen MR) is 95.4 cm³/mol. The number of rotatable bonds is 2. The quantitative estimate of drug-likeness (QED) is 0.612. The summed E-state index contributed by atoms with van der Waals surface area (Å²) >= 11 is 0. The van der Waals surface area contributed by atoms with Gasteiger partial charge in [-0.15, -0.1) is 0 Å². The van der Waals surface area contributed by atoms with Crippen LogP contribution in [0.4, 0.5) is 19.0 Å². The van der Waals surface area contributed by atoms with Crippen molar-refractivity contribution in [2.75, 3.05) is 5.32 Å². The number of nitrogens with one attached hydrogen (secondary N) is 1. The van der Waals surface area contributed by atoms with Crippen LogP contribution < -0.4 is 5.32 Å². The van der Waals surface area contributed by atoms with Gasteiger partial charge >= 0.3 is 18.1 Å². The van der Waals surface area contributed by atoms with Crippen molar-refractivity contribution in [1.29, 1.82) is 0 Å². The van der Waals surface area contributed by atoms with E-state index in [1.54, 1.807) is 26.0 Å². The van der Waals surface area contributed by atoms with E-state index in [1.165, 1.54) is 0 Å². The average molecular weight is 395 g/mol. The SMILES string of the molecule is Cc1cc(C)c(C(=O)OC(=O)c2cc3n(n2)C(C(F)(F)F)CC(C)N3)cc1C. The number of aryl methyl sites for hydroxylation is 3. The maximum atomic E-state index is 13.3. The topological polar surface area (TPSA) is 73.2 Å². The highest BCUT2D eigenvalue weighted by Crippen LogP contribution is 2.39. The van der Waals surface area contributed by atoms with E-state index >= 15 is 0 Å². The van der Waals surface area contributed by atoms with Gasteiger partial charge in [0.15, 0.2) is 11.7 Å². The van der Waals surface area contributed by atoms with Gasteiger partial charge in [-0.2, -0.15) is 18.3 Å². The summed E-state index contributed by atoms with van der Waals surface area (Å²) in [5.74, 6) is -1.91. The van der Waals surface area contributed by atoms with E-state index < -0.39 is 30.2 Å². The van der Waals surface area contributed by atoms with Gasteiger partial charge in [0.05, 0.1) is 5.56 Å². The van der Waals surface area contributed by atoms with E-state index in [0.717, 1.165) is 21.9 Å². The van der Waals surface area contributed by atoms with Gasteiger partial charge in [-0.1, -0.05) is 6.07 Å². The van der Waals surface area contributed by atoms with E-state index in [9.17, 15) is 22.8 Å². The third-order valence-electron chi connectivity index (χ3n) is 4.84. The van der Waals surface area contributed by atoms with Crippen LogP contribution in [-0.4, -0.2) is 33.9 Å². The number of carbonyl (C=O) groups is 2. The Morgan fingerprint density at radius 1 is 1.11 bits per heavy atom. The Labute approximate surface area is 159 Å². The average Bonchev–Trinajstić information content (AvgIpc) is 3.00. The van der Waals surface area contributed by atoms with Crippen molar-refractivity contribution in [3.63, 3.8) is 0 Å². The molecule has 1 aromatic carbocycles. The minimum atomic E-state index is -4.51. The van der Waals surface area contributed by atoms with E-state index in [-0.39, 0.29) is 23.5 Å². The van der Waals surface area contributed by atoms with E-state index in [4.69, 9.17) is 4.74 Å².